The third-order valence-corrected chi connectivity index (χ3v) is 3.48. The number of hydrogen-bond acceptors (Lipinski definition) is 4. The third-order valence-electron chi connectivity index (χ3n) is 3.48. The van der Waals surface area contributed by atoms with Gasteiger partial charge in [0, 0.05) is 12.3 Å². The predicted molar refractivity (Wildman–Crippen MR) is 67.5 cm³/mol. The molecule has 5 nitrogen and oxygen atoms in total. The highest BCUT2D eigenvalue weighted by Gasteiger charge is 2.38. The average molecular weight is 255 g/mol. The van der Waals surface area contributed by atoms with Crippen LogP contribution >= 0.6 is 0 Å². The molecule has 96 valence electrons. The molecule has 1 fully saturated rings. The second-order valence-electron chi connectivity index (χ2n) is 4.72. The van der Waals surface area contributed by atoms with Gasteiger partial charge in [-0.3, -0.25) is 9.59 Å². The minimum absolute atomic E-state index is 0.00443. The summed E-state index contributed by atoms with van der Waals surface area (Å²) in [6.45, 7) is 0. The lowest BCUT2D eigenvalue weighted by atomic mass is 9.78. The topological polar surface area (TPSA) is 64.8 Å². The minimum Gasteiger partial charge on any atom is -0.299 e. The lowest BCUT2D eigenvalue weighted by Crippen LogP contribution is -2.34. The van der Waals surface area contributed by atoms with Crippen LogP contribution in [-0.2, 0) is 9.59 Å². The van der Waals surface area contributed by atoms with E-state index in [1.807, 2.05) is 30.3 Å². The molecule has 1 heterocycles. The van der Waals surface area contributed by atoms with E-state index in [1.165, 1.54) is 12.7 Å². The fraction of sp³-hybridized carbons (Fsp3) is 0.286. The highest BCUT2D eigenvalue weighted by Crippen LogP contribution is 2.36. The predicted octanol–water partition coefficient (Wildman–Crippen LogP) is 1.54. The minimum atomic E-state index is -0.428. The van der Waals surface area contributed by atoms with E-state index in [-0.39, 0.29) is 23.9 Å². The van der Waals surface area contributed by atoms with Crippen LogP contribution in [0.1, 0.15) is 30.4 Å². The molecule has 1 aliphatic rings. The quantitative estimate of drug-likeness (QED) is 0.763. The van der Waals surface area contributed by atoms with Gasteiger partial charge in [0.25, 0.3) is 0 Å². The Labute approximate surface area is 110 Å². The van der Waals surface area contributed by atoms with Crippen LogP contribution in [-0.4, -0.2) is 26.3 Å². The summed E-state index contributed by atoms with van der Waals surface area (Å²) in [5, 5.41) is 4.06. The highest BCUT2D eigenvalue weighted by molar-refractivity contribution is 6.04. The van der Waals surface area contributed by atoms with Crippen LogP contribution in [0.2, 0.25) is 0 Å². The van der Waals surface area contributed by atoms with Crippen LogP contribution in [0.25, 0.3) is 0 Å². The summed E-state index contributed by atoms with van der Waals surface area (Å²) in [7, 11) is 0. The van der Waals surface area contributed by atoms with E-state index in [0.29, 0.717) is 6.42 Å². The van der Waals surface area contributed by atoms with E-state index in [0.717, 1.165) is 5.56 Å². The fourth-order valence-corrected chi connectivity index (χ4v) is 2.65. The number of carbonyl (C=O) groups is 2. The van der Waals surface area contributed by atoms with Crippen molar-refractivity contribution < 1.29 is 9.59 Å². The number of rotatable bonds is 2. The van der Waals surface area contributed by atoms with Crippen molar-refractivity contribution >= 4 is 11.6 Å². The number of benzene rings is 1. The van der Waals surface area contributed by atoms with E-state index in [2.05, 4.69) is 10.1 Å². The molecular formula is C14H13N3O2. The van der Waals surface area contributed by atoms with Gasteiger partial charge in [-0.25, -0.2) is 9.67 Å². The van der Waals surface area contributed by atoms with Gasteiger partial charge in [-0.1, -0.05) is 30.3 Å². The van der Waals surface area contributed by atoms with Crippen molar-refractivity contribution in [2.24, 2.45) is 0 Å². The molecule has 0 unspecified atom stereocenters. The van der Waals surface area contributed by atoms with Gasteiger partial charge in [0.1, 0.15) is 24.5 Å². The van der Waals surface area contributed by atoms with Gasteiger partial charge < -0.3 is 0 Å². The Morgan fingerprint density at radius 1 is 1.16 bits per heavy atom. The monoisotopic (exact) mass is 255 g/mol. The Bertz CT molecular complexity index is 592. The Balaban J connectivity index is 2.02. The molecule has 5 heteroatoms. The fourth-order valence-electron chi connectivity index (χ4n) is 2.65. The summed E-state index contributed by atoms with van der Waals surface area (Å²) in [5.74, 6) is -0.248. The first kappa shape index (κ1) is 11.8. The van der Waals surface area contributed by atoms with Crippen LogP contribution in [0.3, 0.4) is 0 Å². The zero-order valence-electron chi connectivity index (χ0n) is 10.3. The first-order valence-electron chi connectivity index (χ1n) is 6.19. The summed E-state index contributed by atoms with van der Waals surface area (Å²) < 4.78 is 1.56. The van der Waals surface area contributed by atoms with Crippen molar-refractivity contribution in [3.05, 3.63) is 48.5 Å². The number of hydrogen-bond donors (Lipinski definition) is 0. The van der Waals surface area contributed by atoms with Crippen molar-refractivity contribution in [3.8, 4) is 0 Å². The number of ketones is 2. The number of Topliss-reactive ketones (excluding diaryl/α,β-unsaturated/α-hetero) is 2. The Hall–Kier alpha value is -2.30. The largest absolute Gasteiger partial charge is 0.299 e. The maximum Gasteiger partial charge on any atom is 0.165 e. The van der Waals surface area contributed by atoms with Gasteiger partial charge in [-0.2, -0.15) is 5.10 Å². The van der Waals surface area contributed by atoms with Crippen LogP contribution < -0.4 is 0 Å². The van der Waals surface area contributed by atoms with E-state index in [9.17, 15) is 9.59 Å². The van der Waals surface area contributed by atoms with Gasteiger partial charge in [-0.05, 0) is 5.56 Å². The van der Waals surface area contributed by atoms with Crippen molar-refractivity contribution in [2.45, 2.75) is 24.8 Å². The number of carbonyl (C=O) groups excluding carboxylic acids is 2. The molecule has 2 aromatic rings. The molecular weight excluding hydrogens is 242 g/mol. The lowest BCUT2D eigenvalue weighted by molar-refractivity contribution is -0.133. The molecule has 1 aromatic heterocycles. The molecule has 0 radical (unpaired) electrons. The molecule has 0 saturated heterocycles. The summed E-state index contributed by atoms with van der Waals surface area (Å²) in [6.07, 6.45) is 3.31. The molecule has 3 rings (SSSR count). The maximum absolute atomic E-state index is 12.2. The number of aromatic nitrogens is 3. The molecule has 19 heavy (non-hydrogen) atoms. The molecule has 0 aliphatic heterocycles. The summed E-state index contributed by atoms with van der Waals surface area (Å²) in [6, 6.07) is 9.21. The van der Waals surface area contributed by atoms with Gasteiger partial charge in [0.05, 0.1) is 6.42 Å². The summed E-state index contributed by atoms with van der Waals surface area (Å²) in [5.41, 5.74) is 0.990. The summed E-state index contributed by atoms with van der Waals surface area (Å²) >= 11 is 0. The van der Waals surface area contributed by atoms with E-state index in [1.54, 1.807) is 4.68 Å². The van der Waals surface area contributed by atoms with Gasteiger partial charge in [0.15, 0.2) is 5.78 Å². The SMILES string of the molecule is O=C1CC(=O)[C@H](n2cncn2)[C@H](c2ccccc2)C1. The zero-order valence-corrected chi connectivity index (χ0v) is 10.3. The highest BCUT2D eigenvalue weighted by atomic mass is 16.2. The molecule has 1 aliphatic carbocycles. The number of nitrogens with zero attached hydrogens (tertiary/aromatic N) is 3. The van der Waals surface area contributed by atoms with Crippen LogP contribution in [0, 0.1) is 0 Å². The Morgan fingerprint density at radius 2 is 1.95 bits per heavy atom. The standard InChI is InChI=1S/C14H13N3O2/c18-11-6-12(10-4-2-1-3-5-10)14(13(19)7-11)17-9-15-8-16-17/h1-5,8-9,12,14H,6-7H2/t12-,14+/m0/s1. The normalized spacial score (nSPS) is 23.6. The lowest BCUT2D eigenvalue weighted by Gasteiger charge is -2.29. The van der Waals surface area contributed by atoms with Crippen molar-refractivity contribution in [3.63, 3.8) is 0 Å². The van der Waals surface area contributed by atoms with Crippen LogP contribution in [0.15, 0.2) is 43.0 Å². The first-order chi connectivity index (χ1) is 9.25. The second kappa shape index (κ2) is 4.76. The van der Waals surface area contributed by atoms with Crippen molar-refractivity contribution in [1.82, 2.24) is 14.8 Å². The maximum atomic E-state index is 12.2. The molecule has 0 N–H and O–H groups in total. The van der Waals surface area contributed by atoms with E-state index in [4.69, 9.17) is 0 Å². The van der Waals surface area contributed by atoms with Gasteiger partial charge in [0.2, 0.25) is 0 Å². The molecule has 1 aromatic carbocycles. The van der Waals surface area contributed by atoms with Crippen molar-refractivity contribution in [2.75, 3.05) is 0 Å². The average Bonchev–Trinajstić information content (AvgIpc) is 2.92. The summed E-state index contributed by atoms with van der Waals surface area (Å²) in [4.78, 5) is 27.8. The molecule has 0 bridgehead atoms. The van der Waals surface area contributed by atoms with Crippen LogP contribution in [0.5, 0.6) is 0 Å². The van der Waals surface area contributed by atoms with Gasteiger partial charge >= 0.3 is 0 Å². The Kier molecular flexibility index (Phi) is 2.95. The third kappa shape index (κ3) is 2.19. The Morgan fingerprint density at radius 3 is 2.63 bits per heavy atom. The molecule has 1 saturated carbocycles. The molecule has 0 spiro atoms. The van der Waals surface area contributed by atoms with Gasteiger partial charge in [-0.15, -0.1) is 0 Å². The van der Waals surface area contributed by atoms with E-state index >= 15 is 0 Å². The van der Waals surface area contributed by atoms with Crippen LogP contribution in [0.4, 0.5) is 0 Å². The zero-order chi connectivity index (χ0) is 13.2. The first-order valence-corrected chi connectivity index (χ1v) is 6.19. The van der Waals surface area contributed by atoms with E-state index < -0.39 is 6.04 Å². The second-order valence-corrected chi connectivity index (χ2v) is 4.72. The smallest absolute Gasteiger partial charge is 0.165 e. The molecule has 2 atom stereocenters. The molecule has 0 amide bonds. The van der Waals surface area contributed by atoms with Crippen molar-refractivity contribution in [1.29, 1.82) is 0 Å².